The van der Waals surface area contributed by atoms with Crippen molar-refractivity contribution < 1.29 is 23.7 Å². The van der Waals surface area contributed by atoms with E-state index in [9.17, 15) is 9.59 Å². The van der Waals surface area contributed by atoms with Gasteiger partial charge in [-0.15, -0.1) is 0 Å². The summed E-state index contributed by atoms with van der Waals surface area (Å²) in [6.07, 6.45) is 1.78. The van der Waals surface area contributed by atoms with Gasteiger partial charge in [-0.1, -0.05) is 65.4 Å². The highest BCUT2D eigenvalue weighted by atomic mass is 35.5. The van der Waals surface area contributed by atoms with Gasteiger partial charge in [0.2, 0.25) is 0 Å². The number of methoxy groups -OCH3 is 2. The predicted octanol–water partition coefficient (Wildman–Crippen LogP) is 5.05. The fourth-order valence-electron chi connectivity index (χ4n) is 4.77. The van der Waals surface area contributed by atoms with Gasteiger partial charge in [0.25, 0.3) is 5.56 Å². The van der Waals surface area contributed by atoms with Gasteiger partial charge in [-0.25, -0.2) is 9.79 Å². The number of thiazole rings is 1. The van der Waals surface area contributed by atoms with E-state index in [0.717, 1.165) is 11.1 Å². The third kappa shape index (κ3) is 5.70. The summed E-state index contributed by atoms with van der Waals surface area (Å²) in [4.78, 5) is 32.4. The van der Waals surface area contributed by atoms with Crippen LogP contribution in [0.1, 0.15) is 36.6 Å². The minimum atomic E-state index is -0.783. The van der Waals surface area contributed by atoms with E-state index in [2.05, 4.69) is 4.99 Å². The van der Waals surface area contributed by atoms with Gasteiger partial charge in [0.05, 0.1) is 42.7 Å². The summed E-state index contributed by atoms with van der Waals surface area (Å²) in [5, 5.41) is 0.617. The molecule has 0 spiro atoms. The van der Waals surface area contributed by atoms with Crippen LogP contribution < -0.4 is 29.1 Å². The normalized spacial score (nSPS) is 14.7. The van der Waals surface area contributed by atoms with Crippen molar-refractivity contribution in [3.63, 3.8) is 0 Å². The minimum Gasteiger partial charge on any atom is -0.493 e. The SMILES string of the molecule is CCOC(=O)C1=C(C)N=c2sc(=Cc3ccccc3OCc3ccccc3Cl)c(=O)n2C1c1ccc(OC)c(OC)c1. The molecule has 0 bridgehead atoms. The number of carbonyl (C=O) groups is 1. The van der Waals surface area contributed by atoms with Gasteiger partial charge < -0.3 is 18.9 Å². The molecule has 1 aliphatic heterocycles. The Morgan fingerprint density at radius 1 is 1.02 bits per heavy atom. The number of para-hydroxylation sites is 1. The number of benzene rings is 3. The van der Waals surface area contributed by atoms with Gasteiger partial charge in [-0.2, -0.15) is 0 Å². The molecule has 216 valence electrons. The molecule has 4 aromatic rings. The molecule has 8 nitrogen and oxygen atoms in total. The van der Waals surface area contributed by atoms with Gasteiger partial charge in [0.15, 0.2) is 16.3 Å². The van der Waals surface area contributed by atoms with Crippen molar-refractivity contribution in [2.75, 3.05) is 20.8 Å². The maximum Gasteiger partial charge on any atom is 0.338 e. The van der Waals surface area contributed by atoms with Crippen molar-refractivity contribution in [3.05, 3.63) is 119 Å². The predicted molar refractivity (Wildman–Crippen MR) is 162 cm³/mol. The van der Waals surface area contributed by atoms with Crippen molar-refractivity contribution in [3.8, 4) is 17.2 Å². The molecule has 10 heteroatoms. The number of ether oxygens (including phenoxy) is 4. The van der Waals surface area contributed by atoms with Crippen LogP contribution in [0.15, 0.2) is 87.8 Å². The fraction of sp³-hybridized carbons (Fsp3) is 0.219. The highest BCUT2D eigenvalue weighted by molar-refractivity contribution is 7.07. The molecule has 42 heavy (non-hydrogen) atoms. The van der Waals surface area contributed by atoms with Gasteiger partial charge in [-0.05, 0) is 49.8 Å². The summed E-state index contributed by atoms with van der Waals surface area (Å²) in [6, 6.07) is 19.5. The zero-order chi connectivity index (χ0) is 29.8. The Kier molecular flexibility index (Phi) is 8.80. The lowest BCUT2D eigenvalue weighted by atomic mass is 9.95. The van der Waals surface area contributed by atoms with Crippen LogP contribution in [0.3, 0.4) is 0 Å². The van der Waals surface area contributed by atoms with Crippen LogP contribution >= 0.6 is 22.9 Å². The number of carbonyl (C=O) groups excluding carboxylic acids is 1. The van der Waals surface area contributed by atoms with E-state index in [-0.39, 0.29) is 24.3 Å². The first-order valence-electron chi connectivity index (χ1n) is 13.2. The first-order chi connectivity index (χ1) is 20.4. The van der Waals surface area contributed by atoms with Gasteiger partial charge in [0, 0.05) is 16.1 Å². The van der Waals surface area contributed by atoms with Crippen molar-refractivity contribution in [1.82, 2.24) is 4.57 Å². The summed E-state index contributed by atoms with van der Waals surface area (Å²) in [5.74, 6) is 1.06. The van der Waals surface area contributed by atoms with Gasteiger partial charge >= 0.3 is 5.97 Å². The van der Waals surface area contributed by atoms with E-state index in [0.29, 0.717) is 42.9 Å². The van der Waals surface area contributed by atoms with E-state index >= 15 is 0 Å². The molecular weight excluding hydrogens is 576 g/mol. The Hall–Kier alpha value is -4.34. The number of esters is 1. The largest absolute Gasteiger partial charge is 0.493 e. The molecule has 1 atom stereocenters. The van der Waals surface area contributed by atoms with E-state index in [1.54, 1.807) is 45.2 Å². The first kappa shape index (κ1) is 29.2. The van der Waals surface area contributed by atoms with Crippen molar-refractivity contribution >= 4 is 35.0 Å². The Bertz CT molecular complexity index is 1860. The van der Waals surface area contributed by atoms with Crippen LogP contribution in [0.4, 0.5) is 0 Å². The fourth-order valence-corrected chi connectivity index (χ4v) is 6.00. The number of rotatable bonds is 9. The monoisotopic (exact) mass is 604 g/mol. The average molecular weight is 605 g/mol. The van der Waals surface area contributed by atoms with Crippen LogP contribution in [0.25, 0.3) is 6.08 Å². The zero-order valence-electron chi connectivity index (χ0n) is 23.5. The summed E-state index contributed by atoms with van der Waals surface area (Å²) in [7, 11) is 3.08. The summed E-state index contributed by atoms with van der Waals surface area (Å²) in [6.45, 7) is 3.94. The maximum atomic E-state index is 14.0. The van der Waals surface area contributed by atoms with E-state index in [4.69, 9.17) is 30.5 Å². The maximum absolute atomic E-state index is 14.0. The Morgan fingerprint density at radius 2 is 1.76 bits per heavy atom. The van der Waals surface area contributed by atoms with Crippen LogP contribution in [0, 0.1) is 0 Å². The average Bonchev–Trinajstić information content (AvgIpc) is 3.30. The lowest BCUT2D eigenvalue weighted by molar-refractivity contribution is -0.139. The Labute approximate surface area is 251 Å². The lowest BCUT2D eigenvalue weighted by Crippen LogP contribution is -2.40. The van der Waals surface area contributed by atoms with Gasteiger partial charge in [-0.3, -0.25) is 9.36 Å². The Balaban J connectivity index is 1.63. The number of hydrogen-bond acceptors (Lipinski definition) is 8. The van der Waals surface area contributed by atoms with Crippen molar-refractivity contribution in [2.45, 2.75) is 26.5 Å². The van der Waals surface area contributed by atoms with Crippen LogP contribution in [0.2, 0.25) is 5.02 Å². The summed E-state index contributed by atoms with van der Waals surface area (Å²) < 4.78 is 24.4. The smallest absolute Gasteiger partial charge is 0.338 e. The number of allylic oxidation sites excluding steroid dienone is 1. The zero-order valence-corrected chi connectivity index (χ0v) is 25.1. The number of halogens is 1. The summed E-state index contributed by atoms with van der Waals surface area (Å²) in [5.41, 5.74) is 2.69. The number of fused-ring (bicyclic) bond motifs is 1. The highest BCUT2D eigenvalue weighted by Crippen LogP contribution is 2.36. The standard InChI is InChI=1S/C32H29ClN2O6S/c1-5-40-31(37)28-19(2)34-32-35(29(28)21-14-15-25(38-3)26(16-21)39-4)30(36)27(42-32)17-20-10-7-9-13-24(20)41-18-22-11-6-8-12-23(22)33/h6-17,29H,5,18H2,1-4H3. The molecule has 3 aromatic carbocycles. The summed E-state index contributed by atoms with van der Waals surface area (Å²) >= 11 is 7.55. The molecule has 1 unspecified atom stereocenters. The third-order valence-corrected chi connectivity index (χ3v) is 8.14. The second kappa shape index (κ2) is 12.7. The minimum absolute atomic E-state index is 0.184. The Morgan fingerprint density at radius 3 is 2.50 bits per heavy atom. The van der Waals surface area contributed by atoms with Crippen LogP contribution in [-0.4, -0.2) is 31.4 Å². The van der Waals surface area contributed by atoms with Crippen molar-refractivity contribution in [1.29, 1.82) is 0 Å². The van der Waals surface area contributed by atoms with Crippen LogP contribution in [0.5, 0.6) is 17.2 Å². The molecule has 0 radical (unpaired) electrons. The van der Waals surface area contributed by atoms with Gasteiger partial charge in [0.1, 0.15) is 12.4 Å². The first-order valence-corrected chi connectivity index (χ1v) is 14.4. The van der Waals surface area contributed by atoms with E-state index < -0.39 is 12.0 Å². The third-order valence-electron chi connectivity index (χ3n) is 6.79. The molecule has 5 rings (SSSR count). The molecule has 0 amide bonds. The number of aromatic nitrogens is 1. The highest BCUT2D eigenvalue weighted by Gasteiger charge is 2.34. The van der Waals surface area contributed by atoms with Crippen LogP contribution in [-0.2, 0) is 16.1 Å². The molecule has 0 saturated heterocycles. The molecule has 2 heterocycles. The second-order valence-corrected chi connectivity index (χ2v) is 10.8. The molecule has 0 fully saturated rings. The lowest BCUT2D eigenvalue weighted by Gasteiger charge is -2.25. The number of nitrogens with zero attached hydrogens (tertiary/aromatic N) is 2. The molecule has 0 N–H and O–H groups in total. The van der Waals surface area contributed by atoms with E-state index in [1.165, 1.54) is 23.0 Å². The van der Waals surface area contributed by atoms with E-state index in [1.807, 2.05) is 48.5 Å². The molecular formula is C32H29ClN2O6S. The topological polar surface area (TPSA) is 88.4 Å². The van der Waals surface area contributed by atoms with Crippen molar-refractivity contribution in [2.24, 2.45) is 4.99 Å². The molecule has 1 aromatic heterocycles. The quantitative estimate of drug-likeness (QED) is 0.249. The molecule has 0 saturated carbocycles. The molecule has 0 aliphatic carbocycles. The number of hydrogen-bond donors (Lipinski definition) is 0. The molecule has 1 aliphatic rings. The second-order valence-electron chi connectivity index (χ2n) is 9.33.